The number of carbonyl (C=O) groups is 1. The number of anilines is 1. The number of nitrogens with one attached hydrogen (secondary N) is 1. The topological polar surface area (TPSA) is 59.8 Å². The first-order valence-electron chi connectivity index (χ1n) is 8.10. The van der Waals surface area contributed by atoms with E-state index in [4.69, 9.17) is 0 Å². The lowest BCUT2D eigenvalue weighted by atomic mass is 10.1. The standard InChI is InChI=1S/C18H16F2N4O/c1-10-17-13(11-2-3-11)6-7-21-18(17)24(23-10)9-16(25)22-15-5-4-12(19)8-14(15)20/h4-8,11H,2-3,9H2,1H3,(H,22,25). The molecule has 0 spiro atoms. The van der Waals surface area contributed by atoms with Gasteiger partial charge in [-0.1, -0.05) is 0 Å². The molecular formula is C18H16F2N4O. The smallest absolute Gasteiger partial charge is 0.246 e. The summed E-state index contributed by atoms with van der Waals surface area (Å²) in [6, 6.07) is 5.02. The SMILES string of the molecule is Cc1nn(CC(=O)Nc2ccc(F)cc2F)c2nccc(C3CC3)c12. The van der Waals surface area contributed by atoms with Gasteiger partial charge in [-0.3, -0.25) is 4.79 Å². The van der Waals surface area contributed by atoms with Crippen molar-refractivity contribution in [1.82, 2.24) is 14.8 Å². The minimum absolute atomic E-state index is 0.0637. The van der Waals surface area contributed by atoms with Gasteiger partial charge in [0.2, 0.25) is 5.91 Å². The van der Waals surface area contributed by atoms with E-state index >= 15 is 0 Å². The highest BCUT2D eigenvalue weighted by atomic mass is 19.1. The van der Waals surface area contributed by atoms with Crippen molar-refractivity contribution in [3.05, 3.63) is 53.4 Å². The third-order valence-corrected chi connectivity index (χ3v) is 4.36. The normalized spacial score (nSPS) is 14.0. The number of hydrogen-bond donors (Lipinski definition) is 1. The number of rotatable bonds is 4. The molecule has 4 rings (SSSR count). The van der Waals surface area contributed by atoms with E-state index in [2.05, 4.69) is 15.4 Å². The number of pyridine rings is 1. The van der Waals surface area contributed by atoms with E-state index in [9.17, 15) is 13.6 Å². The summed E-state index contributed by atoms with van der Waals surface area (Å²) in [5.74, 6) is -1.41. The van der Waals surface area contributed by atoms with Crippen LogP contribution in [-0.4, -0.2) is 20.7 Å². The zero-order valence-corrected chi connectivity index (χ0v) is 13.6. The predicted molar refractivity (Wildman–Crippen MR) is 89.2 cm³/mol. The monoisotopic (exact) mass is 342 g/mol. The number of aryl methyl sites for hydroxylation is 1. The van der Waals surface area contributed by atoms with Crippen LogP contribution in [0.2, 0.25) is 0 Å². The first kappa shape index (κ1) is 15.7. The van der Waals surface area contributed by atoms with E-state index in [-0.39, 0.29) is 12.2 Å². The maximum Gasteiger partial charge on any atom is 0.246 e. The first-order valence-corrected chi connectivity index (χ1v) is 8.10. The molecule has 1 aliphatic carbocycles. The van der Waals surface area contributed by atoms with E-state index in [0.717, 1.165) is 36.1 Å². The third kappa shape index (κ3) is 2.97. The molecule has 1 aromatic carbocycles. The van der Waals surface area contributed by atoms with E-state index < -0.39 is 17.5 Å². The molecule has 0 unspecified atom stereocenters. The number of nitrogens with zero attached hydrogens (tertiary/aromatic N) is 3. The maximum atomic E-state index is 13.7. The molecule has 0 atom stereocenters. The zero-order chi connectivity index (χ0) is 17.6. The lowest BCUT2D eigenvalue weighted by Gasteiger charge is -2.07. The van der Waals surface area contributed by atoms with Crippen LogP contribution >= 0.6 is 0 Å². The highest BCUT2D eigenvalue weighted by Gasteiger charge is 2.27. The molecule has 25 heavy (non-hydrogen) atoms. The number of fused-ring (bicyclic) bond motifs is 1. The fraction of sp³-hybridized carbons (Fsp3) is 0.278. The molecule has 1 saturated carbocycles. The Labute approximate surface area is 142 Å². The summed E-state index contributed by atoms with van der Waals surface area (Å²) >= 11 is 0. The van der Waals surface area contributed by atoms with Crippen LogP contribution in [0.15, 0.2) is 30.5 Å². The fourth-order valence-electron chi connectivity index (χ4n) is 3.07. The van der Waals surface area contributed by atoms with Gasteiger partial charge >= 0.3 is 0 Å². The van der Waals surface area contributed by atoms with Crippen LogP contribution in [0.5, 0.6) is 0 Å². The number of carbonyl (C=O) groups excluding carboxylic acids is 1. The van der Waals surface area contributed by atoms with Crippen molar-refractivity contribution >= 4 is 22.6 Å². The molecule has 1 N–H and O–H groups in total. The van der Waals surface area contributed by atoms with Gasteiger partial charge in [0.25, 0.3) is 0 Å². The summed E-state index contributed by atoms with van der Waals surface area (Å²) in [5.41, 5.74) is 2.63. The van der Waals surface area contributed by atoms with Gasteiger partial charge < -0.3 is 5.32 Å². The Morgan fingerprint density at radius 1 is 1.32 bits per heavy atom. The predicted octanol–water partition coefficient (Wildman–Crippen LogP) is 3.53. The Bertz CT molecular complexity index is 979. The summed E-state index contributed by atoms with van der Waals surface area (Å²) in [7, 11) is 0. The van der Waals surface area contributed by atoms with Crippen LogP contribution in [0.1, 0.15) is 30.0 Å². The Morgan fingerprint density at radius 3 is 2.84 bits per heavy atom. The quantitative estimate of drug-likeness (QED) is 0.789. The summed E-state index contributed by atoms with van der Waals surface area (Å²) in [5, 5.41) is 7.85. The van der Waals surface area contributed by atoms with Gasteiger partial charge in [-0.2, -0.15) is 5.10 Å². The molecule has 128 valence electrons. The minimum Gasteiger partial charge on any atom is -0.322 e. The van der Waals surface area contributed by atoms with Crippen molar-refractivity contribution in [1.29, 1.82) is 0 Å². The summed E-state index contributed by atoms with van der Waals surface area (Å²) in [6.07, 6.45) is 4.05. The Balaban J connectivity index is 1.60. The van der Waals surface area contributed by atoms with Gasteiger partial charge in [-0.05, 0) is 49.4 Å². The molecule has 0 saturated heterocycles. The average molecular weight is 342 g/mol. The molecule has 3 aromatic rings. The molecule has 5 nitrogen and oxygen atoms in total. The second-order valence-electron chi connectivity index (χ2n) is 6.29. The van der Waals surface area contributed by atoms with Crippen LogP contribution in [0, 0.1) is 18.6 Å². The van der Waals surface area contributed by atoms with E-state index in [1.54, 1.807) is 6.20 Å². The molecule has 7 heteroatoms. The van der Waals surface area contributed by atoms with Crippen molar-refractivity contribution in [2.45, 2.75) is 32.2 Å². The number of benzene rings is 1. The van der Waals surface area contributed by atoms with Crippen molar-refractivity contribution in [3.8, 4) is 0 Å². The molecule has 1 fully saturated rings. The number of halogens is 2. The van der Waals surface area contributed by atoms with Crippen LogP contribution in [0.25, 0.3) is 11.0 Å². The highest BCUT2D eigenvalue weighted by molar-refractivity contribution is 5.92. The molecular weight excluding hydrogens is 326 g/mol. The molecule has 1 amide bonds. The third-order valence-electron chi connectivity index (χ3n) is 4.36. The largest absolute Gasteiger partial charge is 0.322 e. The Kier molecular flexibility index (Phi) is 3.71. The maximum absolute atomic E-state index is 13.7. The molecule has 0 radical (unpaired) electrons. The van der Waals surface area contributed by atoms with Crippen LogP contribution in [0.4, 0.5) is 14.5 Å². The van der Waals surface area contributed by atoms with Crippen LogP contribution in [-0.2, 0) is 11.3 Å². The van der Waals surface area contributed by atoms with Gasteiger partial charge in [0.05, 0.1) is 11.4 Å². The number of aromatic nitrogens is 3. The van der Waals surface area contributed by atoms with Gasteiger partial charge in [-0.15, -0.1) is 0 Å². The van der Waals surface area contributed by atoms with E-state index in [0.29, 0.717) is 11.6 Å². The summed E-state index contributed by atoms with van der Waals surface area (Å²) < 4.78 is 28.1. The van der Waals surface area contributed by atoms with Crippen LogP contribution in [0.3, 0.4) is 0 Å². The molecule has 2 heterocycles. The van der Waals surface area contributed by atoms with Crippen LogP contribution < -0.4 is 5.32 Å². The van der Waals surface area contributed by atoms with Gasteiger partial charge in [0.1, 0.15) is 18.2 Å². The Hall–Kier alpha value is -2.83. The average Bonchev–Trinajstić information content (AvgIpc) is 3.36. The second kappa shape index (κ2) is 5.91. The van der Waals surface area contributed by atoms with E-state index in [1.807, 2.05) is 13.0 Å². The first-order chi connectivity index (χ1) is 12.0. The van der Waals surface area contributed by atoms with Crippen molar-refractivity contribution in [3.63, 3.8) is 0 Å². The van der Waals surface area contributed by atoms with Crippen molar-refractivity contribution < 1.29 is 13.6 Å². The molecule has 1 aliphatic rings. The highest BCUT2D eigenvalue weighted by Crippen LogP contribution is 2.43. The molecule has 2 aromatic heterocycles. The van der Waals surface area contributed by atoms with Crippen molar-refractivity contribution in [2.24, 2.45) is 0 Å². The minimum atomic E-state index is -0.816. The zero-order valence-electron chi connectivity index (χ0n) is 13.6. The Morgan fingerprint density at radius 2 is 2.12 bits per heavy atom. The second-order valence-corrected chi connectivity index (χ2v) is 6.29. The van der Waals surface area contributed by atoms with Crippen molar-refractivity contribution in [2.75, 3.05) is 5.32 Å². The lowest BCUT2D eigenvalue weighted by Crippen LogP contribution is -2.20. The van der Waals surface area contributed by atoms with Gasteiger partial charge in [0, 0.05) is 17.6 Å². The summed E-state index contributed by atoms with van der Waals surface area (Å²) in [6.45, 7) is 1.80. The lowest BCUT2D eigenvalue weighted by molar-refractivity contribution is -0.116. The molecule has 0 aliphatic heterocycles. The molecule has 0 bridgehead atoms. The number of amides is 1. The van der Waals surface area contributed by atoms with Gasteiger partial charge in [0.15, 0.2) is 5.65 Å². The van der Waals surface area contributed by atoms with E-state index in [1.165, 1.54) is 16.3 Å². The fourth-order valence-corrected chi connectivity index (χ4v) is 3.07. The summed E-state index contributed by atoms with van der Waals surface area (Å²) in [4.78, 5) is 16.6. The van der Waals surface area contributed by atoms with Gasteiger partial charge in [-0.25, -0.2) is 18.4 Å². The number of hydrogen-bond acceptors (Lipinski definition) is 3.